The Kier molecular flexibility index (Phi) is 6.80. The molecule has 1 aromatic heterocycles. The molecule has 0 atom stereocenters. The van der Waals surface area contributed by atoms with E-state index in [4.69, 9.17) is 12.2 Å². The highest BCUT2D eigenvalue weighted by Crippen LogP contribution is 2.32. The molecule has 4 rings (SSSR count). The third-order valence-corrected chi connectivity index (χ3v) is 6.12. The Morgan fingerprint density at radius 3 is 2.44 bits per heavy atom. The quantitative estimate of drug-likeness (QED) is 0.179. The van der Waals surface area contributed by atoms with Gasteiger partial charge in [0.05, 0.1) is 16.4 Å². The third kappa shape index (κ3) is 5.89. The van der Waals surface area contributed by atoms with Gasteiger partial charge in [-0.3, -0.25) is 5.43 Å². The maximum Gasteiger partial charge on any atom is 0.573 e. The zero-order chi connectivity index (χ0) is 24.3. The number of thiocarbonyl (C=S) groups is 1. The van der Waals surface area contributed by atoms with Gasteiger partial charge in [-0.05, 0) is 79.2 Å². The van der Waals surface area contributed by atoms with Crippen molar-refractivity contribution in [3.63, 3.8) is 0 Å². The second-order valence-electron chi connectivity index (χ2n) is 7.41. The van der Waals surface area contributed by atoms with E-state index in [2.05, 4.69) is 25.6 Å². The molecule has 0 aliphatic heterocycles. The lowest BCUT2D eigenvalue weighted by atomic mass is 10.1. The lowest BCUT2D eigenvalue weighted by Gasteiger charge is -2.12. The number of hydrazone groups is 1. The molecule has 0 bridgehead atoms. The van der Waals surface area contributed by atoms with Crippen LogP contribution in [0.1, 0.15) is 16.7 Å². The number of aromatic nitrogens is 1. The van der Waals surface area contributed by atoms with Crippen LogP contribution in [0.5, 0.6) is 5.75 Å². The molecule has 10 heteroatoms. The normalized spacial score (nSPS) is 11.7. The summed E-state index contributed by atoms with van der Waals surface area (Å²) in [5, 5.41) is 8.43. The summed E-state index contributed by atoms with van der Waals surface area (Å²) in [6, 6.07) is 17.3. The van der Waals surface area contributed by atoms with Crippen LogP contribution >= 0.6 is 23.6 Å². The molecule has 4 aromatic rings. The number of para-hydroxylation sites is 1. The molecule has 174 valence electrons. The first-order valence-corrected chi connectivity index (χ1v) is 11.3. The van der Waals surface area contributed by atoms with E-state index in [0.717, 1.165) is 32.6 Å². The number of ether oxygens (including phenoxy) is 1. The molecule has 0 saturated carbocycles. The first kappa shape index (κ1) is 23.7. The lowest BCUT2D eigenvalue weighted by Crippen LogP contribution is -2.24. The van der Waals surface area contributed by atoms with Crippen molar-refractivity contribution in [2.24, 2.45) is 5.10 Å². The highest BCUT2D eigenvalue weighted by atomic mass is 32.1. The monoisotopic (exact) mass is 500 g/mol. The van der Waals surface area contributed by atoms with E-state index >= 15 is 0 Å². The number of aryl methyl sites for hydroxylation is 2. The van der Waals surface area contributed by atoms with Crippen molar-refractivity contribution in [1.29, 1.82) is 0 Å². The predicted molar refractivity (Wildman–Crippen MR) is 135 cm³/mol. The van der Waals surface area contributed by atoms with Crippen molar-refractivity contribution in [3.8, 4) is 16.3 Å². The molecule has 0 amide bonds. The Morgan fingerprint density at radius 2 is 1.76 bits per heavy atom. The Hall–Kier alpha value is -3.50. The molecule has 0 aliphatic carbocycles. The molecule has 0 spiro atoms. The molecule has 5 nitrogen and oxygen atoms in total. The van der Waals surface area contributed by atoms with E-state index in [1.54, 1.807) is 18.3 Å². The number of fused-ring (bicyclic) bond motifs is 1. The molecule has 0 saturated heterocycles. The number of hydrogen-bond acceptors (Lipinski definition) is 5. The summed E-state index contributed by atoms with van der Waals surface area (Å²) in [4.78, 5) is 4.60. The van der Waals surface area contributed by atoms with Gasteiger partial charge in [-0.15, -0.1) is 24.5 Å². The summed E-state index contributed by atoms with van der Waals surface area (Å²) in [5.41, 5.74) is 8.22. The van der Waals surface area contributed by atoms with E-state index < -0.39 is 6.36 Å². The van der Waals surface area contributed by atoms with Gasteiger partial charge in [0, 0.05) is 11.3 Å². The molecule has 0 unspecified atom stereocenters. The Morgan fingerprint density at radius 1 is 1.06 bits per heavy atom. The number of nitrogens with zero attached hydrogens (tertiary/aromatic N) is 2. The molecule has 34 heavy (non-hydrogen) atoms. The molecular weight excluding hydrogens is 481 g/mol. The van der Waals surface area contributed by atoms with E-state index in [-0.39, 0.29) is 5.75 Å². The van der Waals surface area contributed by atoms with E-state index in [1.807, 2.05) is 50.2 Å². The van der Waals surface area contributed by atoms with Crippen molar-refractivity contribution >= 4 is 50.8 Å². The van der Waals surface area contributed by atoms with E-state index in [0.29, 0.717) is 15.7 Å². The fraction of sp³-hybridized carbons (Fsp3) is 0.125. The first-order chi connectivity index (χ1) is 16.2. The molecule has 2 N–H and O–H groups in total. The van der Waals surface area contributed by atoms with Crippen LogP contribution in [0, 0.1) is 13.8 Å². The Labute approximate surface area is 203 Å². The van der Waals surface area contributed by atoms with Gasteiger partial charge in [0.15, 0.2) is 5.11 Å². The van der Waals surface area contributed by atoms with Crippen molar-refractivity contribution in [3.05, 3.63) is 77.4 Å². The van der Waals surface area contributed by atoms with E-state index in [9.17, 15) is 13.2 Å². The van der Waals surface area contributed by atoms with Crippen LogP contribution in [0.2, 0.25) is 0 Å². The summed E-state index contributed by atoms with van der Waals surface area (Å²) in [6.07, 6.45) is -3.08. The average molecular weight is 501 g/mol. The zero-order valence-corrected chi connectivity index (χ0v) is 19.7. The first-order valence-electron chi connectivity index (χ1n) is 10.1. The number of halogens is 3. The van der Waals surface area contributed by atoms with Gasteiger partial charge in [-0.2, -0.15) is 5.10 Å². The van der Waals surface area contributed by atoms with Crippen LogP contribution < -0.4 is 15.5 Å². The Balaban J connectivity index is 1.43. The fourth-order valence-corrected chi connectivity index (χ4v) is 4.37. The zero-order valence-electron chi connectivity index (χ0n) is 18.1. The van der Waals surface area contributed by atoms with Crippen LogP contribution in [-0.4, -0.2) is 22.7 Å². The summed E-state index contributed by atoms with van der Waals surface area (Å²) >= 11 is 6.77. The highest BCUT2D eigenvalue weighted by molar-refractivity contribution is 7.80. The number of hydrogen-bond donors (Lipinski definition) is 2. The molecule has 1 heterocycles. The number of thiazole rings is 1. The van der Waals surface area contributed by atoms with Crippen LogP contribution in [0.15, 0.2) is 65.8 Å². The van der Waals surface area contributed by atoms with Gasteiger partial charge in [0.1, 0.15) is 10.8 Å². The maximum absolute atomic E-state index is 12.3. The lowest BCUT2D eigenvalue weighted by molar-refractivity contribution is -0.274. The number of alkyl halides is 3. The summed E-state index contributed by atoms with van der Waals surface area (Å²) in [6.45, 7) is 4.01. The van der Waals surface area contributed by atoms with Gasteiger partial charge >= 0.3 is 6.36 Å². The van der Waals surface area contributed by atoms with Crippen LogP contribution in [0.3, 0.4) is 0 Å². The minimum atomic E-state index is -4.72. The Bertz CT molecular complexity index is 1340. The standard InChI is InChI=1S/C24H19F3N4OS2/c1-14-4-3-5-15(2)21(14)30-23(33)31-28-13-16-6-11-20-19(12-16)29-22(34-20)17-7-9-18(10-8-17)32-24(25,26)27/h3-13H,1-2H3,(H2,30,31,33)/b28-13+. The number of rotatable bonds is 5. The van der Waals surface area contributed by atoms with Gasteiger partial charge in [0.25, 0.3) is 0 Å². The van der Waals surface area contributed by atoms with Gasteiger partial charge in [-0.25, -0.2) is 4.98 Å². The molecular formula is C24H19F3N4OS2. The van der Waals surface area contributed by atoms with Crippen molar-refractivity contribution in [2.75, 3.05) is 5.32 Å². The van der Waals surface area contributed by atoms with Gasteiger partial charge < -0.3 is 10.1 Å². The number of benzene rings is 3. The van der Waals surface area contributed by atoms with Gasteiger partial charge in [-0.1, -0.05) is 24.3 Å². The van der Waals surface area contributed by atoms with Crippen molar-refractivity contribution < 1.29 is 17.9 Å². The topological polar surface area (TPSA) is 58.5 Å². The predicted octanol–water partition coefficient (Wildman–Crippen LogP) is 6.80. The third-order valence-electron chi connectivity index (χ3n) is 4.85. The molecule has 0 fully saturated rings. The largest absolute Gasteiger partial charge is 0.573 e. The van der Waals surface area contributed by atoms with Crippen LogP contribution in [0.25, 0.3) is 20.8 Å². The second-order valence-corrected chi connectivity index (χ2v) is 8.85. The summed E-state index contributed by atoms with van der Waals surface area (Å²) < 4.78 is 41.9. The smallest absolute Gasteiger partial charge is 0.406 e. The second kappa shape index (κ2) is 9.78. The summed E-state index contributed by atoms with van der Waals surface area (Å²) in [7, 11) is 0. The maximum atomic E-state index is 12.3. The van der Waals surface area contributed by atoms with Crippen LogP contribution in [-0.2, 0) is 0 Å². The molecule has 0 aliphatic rings. The SMILES string of the molecule is Cc1cccc(C)c1NC(=S)N/N=C/c1ccc2sc(-c3ccc(OC(F)(F)F)cc3)nc2c1. The summed E-state index contributed by atoms with van der Waals surface area (Å²) in [5.74, 6) is -0.270. The van der Waals surface area contributed by atoms with Gasteiger partial charge in [0.2, 0.25) is 0 Å². The highest BCUT2D eigenvalue weighted by Gasteiger charge is 2.31. The van der Waals surface area contributed by atoms with Crippen molar-refractivity contribution in [1.82, 2.24) is 10.4 Å². The average Bonchev–Trinajstić information content (AvgIpc) is 3.19. The van der Waals surface area contributed by atoms with E-state index in [1.165, 1.54) is 23.5 Å². The fourth-order valence-electron chi connectivity index (χ4n) is 3.27. The number of nitrogens with one attached hydrogen (secondary N) is 2. The molecule has 0 radical (unpaired) electrons. The number of anilines is 1. The van der Waals surface area contributed by atoms with Crippen molar-refractivity contribution in [2.45, 2.75) is 20.2 Å². The molecule has 3 aromatic carbocycles. The minimum Gasteiger partial charge on any atom is -0.406 e. The van der Waals surface area contributed by atoms with Crippen LogP contribution in [0.4, 0.5) is 18.9 Å². The minimum absolute atomic E-state index is 0.270.